The normalized spacial score (nSPS) is 11.3. The number of aromatic amines is 1. The van der Waals surface area contributed by atoms with Crippen molar-refractivity contribution in [3.63, 3.8) is 0 Å². The zero-order valence-corrected chi connectivity index (χ0v) is 91.7. The Bertz CT molecular complexity index is 7240. The molecule has 0 saturated carbocycles. The Morgan fingerprint density at radius 3 is 1.32 bits per heavy atom. The van der Waals surface area contributed by atoms with Crippen molar-refractivity contribution in [2.75, 3.05) is 5.75 Å². The zero-order chi connectivity index (χ0) is 106. The number of pyridine rings is 5. The molecule has 0 aliphatic heterocycles. The largest absolute Gasteiger partial charge is 2.00 e. The van der Waals surface area contributed by atoms with E-state index in [-0.39, 0.29) is 90.0 Å². The van der Waals surface area contributed by atoms with E-state index in [1.807, 2.05) is 159 Å². The van der Waals surface area contributed by atoms with Crippen LogP contribution in [0.3, 0.4) is 0 Å². The van der Waals surface area contributed by atoms with Gasteiger partial charge in [0.1, 0.15) is 39.8 Å². The topological polar surface area (TPSA) is 447 Å². The average molecular weight is 2250 g/mol. The van der Waals surface area contributed by atoms with E-state index in [4.69, 9.17) is 81.9 Å². The van der Waals surface area contributed by atoms with Crippen molar-refractivity contribution in [3.8, 4) is 80.6 Å². The standard InChI is InChI=1S/C25H24ClFN2OS.C20H15ClFN3.C17H17N3OS.C13H8N2O.C10H9NO3.C7H6BNO2.C7H5ClF.C6H4BrNO.C4H11NOS.2ClH.Mg.H2S/c1-25(2,3)31(30)16-20(11-18-12-21(26)14-22(27)13-18)24-23(8-5-9-29-24)19-7-4-6-17(10-19)15-28;21-16-8-14(9-17(22)11-16)10-19(24)20-18(5-2-6-25-20)15-4-1-3-13(7-15)12-23;1-17(2,3)22(21)20-12-16-15(8-5-9-19-16)14-7-4-6-13(10-14)11-18;14-8-10-3-1-4-11(7-10)12-5-2-6-15-13(12)9-16;12-7-1-2-9-8(4-7)6(5-11-9)3-10(13)14;9-5-6-2-1-3-7(4-6)8(10)11;1-5-2-6(8)4-7(9)3-5;7-5-2-1-3-8-6(5)4-9;1-4(2,3)7(5)6;;;;/h4-10,12-14,20H,11,16H2,1-3H3;1-9,11,19H,10,24H2;4-10,12H,1-3H3;1-7,9H;1-2,4-5,11-12H,3H2,(H,13,14);1-4,10-11H;2-4H,1H2;1-4H;5H2,1-3H3;2*1H;;1H2/q;;;;;;-1;;;;;+2;/p-1/t20-,31-;19-;22-;;;;;;7-;;;;/m100.....0..../s1. The summed E-state index contributed by atoms with van der Waals surface area (Å²) in [5, 5.41) is 86.7. The smallest absolute Gasteiger partial charge is 1.00 e. The summed E-state index contributed by atoms with van der Waals surface area (Å²) in [6.45, 7) is 20.5. The number of nitrogens with zero attached hydrogens (tertiary/aromatic N) is 11. The third kappa shape index (κ3) is 43.5. The summed E-state index contributed by atoms with van der Waals surface area (Å²) >= 11 is 20.6. The van der Waals surface area contributed by atoms with Gasteiger partial charge in [0.05, 0.1) is 120 Å². The van der Waals surface area contributed by atoms with E-state index in [0.717, 1.165) is 71.1 Å². The number of halogens is 9. The van der Waals surface area contributed by atoms with E-state index < -0.39 is 73.0 Å². The number of carbonyl (C=O) groups is 3. The molecular formula is C109H102BBrCl5F3MgN14O10S4. The second-order valence-electron chi connectivity index (χ2n) is 34.0. The molecule has 24 nitrogen and oxygen atoms in total. The number of phenols is 1. The molecule has 39 heteroatoms. The van der Waals surface area contributed by atoms with Gasteiger partial charge in [-0.3, -0.25) is 48.7 Å². The van der Waals surface area contributed by atoms with Crippen LogP contribution in [0.1, 0.15) is 162 Å². The number of nitriles is 5. The summed E-state index contributed by atoms with van der Waals surface area (Å²) in [6.07, 6.45) is 13.6. The number of nitrogens with two attached hydrogens (primary N) is 2. The molecule has 0 amide bonds. The summed E-state index contributed by atoms with van der Waals surface area (Å²) in [5.41, 5.74) is 22.6. The Morgan fingerprint density at radius 1 is 0.520 bits per heavy atom. The van der Waals surface area contributed by atoms with Crippen molar-refractivity contribution in [1.29, 1.82) is 26.3 Å². The Kier molecular flexibility index (Phi) is 56.2. The molecule has 0 aliphatic rings. The maximum Gasteiger partial charge on any atom is 2.00 e. The van der Waals surface area contributed by atoms with E-state index >= 15 is 0 Å². The zero-order valence-electron chi connectivity index (χ0n) is 81.4. The van der Waals surface area contributed by atoms with Crippen LogP contribution in [-0.2, 0) is 56.8 Å². The third-order valence-electron chi connectivity index (χ3n) is 19.9. The van der Waals surface area contributed by atoms with Gasteiger partial charge in [0, 0.05) is 112 Å². The van der Waals surface area contributed by atoms with Crippen LogP contribution in [0.25, 0.3) is 55.4 Å². The molecule has 0 unspecified atom stereocenters. The number of H-pyrrole nitrogens is 1. The second kappa shape index (κ2) is 64.3. The van der Waals surface area contributed by atoms with Gasteiger partial charge < -0.3 is 43.4 Å². The first-order valence-electron chi connectivity index (χ1n) is 43.5. The van der Waals surface area contributed by atoms with Gasteiger partial charge in [-0.15, -0.1) is 24.5 Å². The van der Waals surface area contributed by atoms with Gasteiger partial charge in [-0.25, -0.2) is 21.6 Å². The summed E-state index contributed by atoms with van der Waals surface area (Å²) in [6, 6.07) is 81.4. The molecule has 148 heavy (non-hydrogen) atoms. The molecule has 6 aromatic heterocycles. The SMILES string of the molecule is CC(C)(C)[S@@](N)=O.CC(C)(C)[S@](=O)C[C@@H](Cc1cc(F)cc(Cl)c1)c1ncccc1-c1cccc(C#N)c1.CC(C)(C)[S@](=O)N=Cc1ncccc1-c1cccc(C#N)c1.Cl.N#Cc1cccc(-c2cccnc2C=O)c1.N#Cc1cccc(-c2cccnc2[C@@H](N)Cc2cc(F)cc(Cl)c2)c1.N#Cc1cccc(B(O)O)c1.O=C(O)Cc1c[nH]c2ccc(O)cc12.O=Cc1ncccc1Br.S.[CH2-]c1cc(F)cc(Cl)c1.[Cl-].[Mg+2]. The number of carboxylic acid groups (broad SMARTS) is 1. The van der Waals surface area contributed by atoms with E-state index in [1.165, 1.54) is 48.7 Å². The van der Waals surface area contributed by atoms with Gasteiger partial charge in [0.2, 0.25) is 0 Å². The number of phenolic OH excluding ortho intramolecular Hbond substituents is 1. The van der Waals surface area contributed by atoms with Gasteiger partial charge in [-0.05, 0) is 298 Å². The van der Waals surface area contributed by atoms with E-state index in [2.05, 4.69) is 81.4 Å². The fourth-order valence-electron chi connectivity index (χ4n) is 12.8. The number of aliphatic carboxylic acids is 1. The molecule has 5 atom stereocenters. The van der Waals surface area contributed by atoms with Gasteiger partial charge >= 0.3 is 36.1 Å². The van der Waals surface area contributed by atoms with Crippen molar-refractivity contribution < 1.29 is 72.8 Å². The fraction of sp³-hybridized carbons (Fsp3) is 0.165. The van der Waals surface area contributed by atoms with Gasteiger partial charge in [0.25, 0.3) is 0 Å². The Hall–Kier alpha value is -12.9. The predicted molar refractivity (Wildman–Crippen MR) is 592 cm³/mol. The van der Waals surface area contributed by atoms with Crippen LogP contribution in [-0.4, -0.2) is 138 Å². The van der Waals surface area contributed by atoms with E-state index in [9.17, 15) is 50.5 Å². The quantitative estimate of drug-likeness (QED) is 0.0171. The number of aromatic nitrogens is 6. The molecule has 0 aliphatic carbocycles. The molecule has 6 heterocycles. The van der Waals surface area contributed by atoms with Crippen LogP contribution in [0.5, 0.6) is 5.75 Å². The molecule has 0 spiro atoms. The number of fused-ring (bicyclic) bond motifs is 1. The molecule has 9 aromatic carbocycles. The Labute approximate surface area is 925 Å². The van der Waals surface area contributed by atoms with E-state index in [0.29, 0.717) is 119 Å². The van der Waals surface area contributed by atoms with Crippen molar-refractivity contribution in [3.05, 3.63) is 414 Å². The minimum atomic E-state index is -1.50. The molecule has 15 rings (SSSR count). The first-order chi connectivity index (χ1) is 68.4. The van der Waals surface area contributed by atoms with Gasteiger partial charge in [-0.2, -0.15) is 56.7 Å². The van der Waals surface area contributed by atoms with Crippen LogP contribution < -0.4 is 28.7 Å². The average Bonchev–Trinajstić information content (AvgIpc) is 1.14. The number of hydrogen-bond donors (Lipinski definition) is 7. The summed E-state index contributed by atoms with van der Waals surface area (Å²) in [4.78, 5) is 55.5. The monoisotopic (exact) mass is 2240 g/mol. The number of carbonyl (C=O) groups excluding carboxylic acids is 2. The second-order valence-corrected chi connectivity index (χ2v) is 42.2. The van der Waals surface area contributed by atoms with Gasteiger partial charge in [-0.1, -0.05) is 120 Å². The molecule has 0 saturated heterocycles. The molecule has 0 bridgehead atoms. The number of carboxylic acids is 1. The van der Waals surface area contributed by atoms with E-state index in [1.54, 1.807) is 159 Å². The molecule has 9 N–H and O–H groups in total. The molecule has 0 fully saturated rings. The summed E-state index contributed by atoms with van der Waals surface area (Å²) in [7, 11) is -5.15. The number of nitrogens with one attached hydrogen (secondary N) is 1. The molecule has 0 radical (unpaired) electrons. The summed E-state index contributed by atoms with van der Waals surface area (Å²) in [5.74, 6) is -1.72. The van der Waals surface area contributed by atoms with Crippen molar-refractivity contribution in [1.82, 2.24) is 29.9 Å². The number of benzene rings is 9. The number of rotatable bonds is 19. The van der Waals surface area contributed by atoms with Crippen LogP contribution in [0.15, 0.2) is 301 Å². The fourth-order valence-corrected chi connectivity index (χ4v) is 15.6. The van der Waals surface area contributed by atoms with Crippen molar-refractivity contribution in [2.45, 2.75) is 108 Å². The molecule has 15 aromatic rings. The maximum absolute atomic E-state index is 14.0. The Morgan fingerprint density at radius 2 is 0.912 bits per heavy atom. The molecular weight excluding hydrogens is 2140 g/mol. The van der Waals surface area contributed by atoms with Gasteiger partial charge in [0.15, 0.2) is 12.6 Å². The van der Waals surface area contributed by atoms with Crippen LogP contribution in [0, 0.1) is 81.0 Å². The minimum absolute atomic E-state index is 0. The van der Waals surface area contributed by atoms with Crippen LogP contribution in [0.4, 0.5) is 13.2 Å². The van der Waals surface area contributed by atoms with Crippen LogP contribution >= 0.6 is 76.6 Å². The van der Waals surface area contributed by atoms with Crippen molar-refractivity contribution >= 4 is 181 Å². The Balaban J connectivity index is 0.000000441. The number of aldehydes is 2. The first-order valence-corrected chi connectivity index (χ1v) is 49.1. The van der Waals surface area contributed by atoms with Crippen LogP contribution in [0.2, 0.25) is 15.1 Å². The molecule has 760 valence electrons. The van der Waals surface area contributed by atoms with Crippen molar-refractivity contribution in [2.24, 2.45) is 15.3 Å². The maximum atomic E-state index is 14.0. The summed E-state index contributed by atoms with van der Waals surface area (Å²) < 4.78 is 79.0. The number of aromatic hydroxyl groups is 1. The minimum Gasteiger partial charge on any atom is -1.00 e. The number of hydrogen-bond acceptors (Lipinski definition) is 20. The predicted octanol–water partition coefficient (Wildman–Crippen LogP) is 19.5. The first kappa shape index (κ1) is 129. The third-order valence-corrected chi connectivity index (χ3v) is 25.8.